The van der Waals surface area contributed by atoms with Crippen LogP contribution in [0.5, 0.6) is 0 Å². The van der Waals surface area contributed by atoms with Crippen molar-refractivity contribution in [1.29, 1.82) is 0 Å². The molecule has 2 aromatic rings. The average Bonchev–Trinajstić information content (AvgIpc) is 2.73. The summed E-state index contributed by atoms with van der Waals surface area (Å²) in [6, 6.07) is 15.1. The molecule has 2 aromatic carbocycles. The van der Waals surface area contributed by atoms with Crippen LogP contribution in [0.3, 0.4) is 0 Å². The Balaban J connectivity index is 1.56. The molecular formula is C22H26N2O3S. The lowest BCUT2D eigenvalue weighted by Gasteiger charge is -2.31. The number of hydrogen-bond acceptors (Lipinski definition) is 4. The minimum atomic E-state index is -0.0957. The van der Waals surface area contributed by atoms with E-state index in [1.54, 1.807) is 24.3 Å². The van der Waals surface area contributed by atoms with Crippen molar-refractivity contribution in [3.8, 4) is 0 Å². The molecule has 0 aliphatic carbocycles. The number of likely N-dealkylation sites (tertiary alicyclic amines) is 1. The van der Waals surface area contributed by atoms with E-state index >= 15 is 0 Å². The first kappa shape index (κ1) is 20.4. The average molecular weight is 399 g/mol. The Morgan fingerprint density at radius 2 is 1.89 bits per heavy atom. The minimum absolute atomic E-state index is 0.0261. The van der Waals surface area contributed by atoms with E-state index in [0.717, 1.165) is 23.3 Å². The number of aliphatic hydroxyl groups excluding tert-OH is 1. The summed E-state index contributed by atoms with van der Waals surface area (Å²) in [5.74, 6) is 0.487. The van der Waals surface area contributed by atoms with Crippen LogP contribution in [-0.4, -0.2) is 47.3 Å². The molecule has 2 amide bonds. The van der Waals surface area contributed by atoms with Gasteiger partial charge in [0.15, 0.2) is 0 Å². The first-order valence-corrected chi connectivity index (χ1v) is 10.5. The zero-order valence-electron chi connectivity index (χ0n) is 16.1. The fourth-order valence-electron chi connectivity index (χ4n) is 3.29. The van der Waals surface area contributed by atoms with Gasteiger partial charge in [0.25, 0.3) is 5.91 Å². The number of thioether (sulfide) groups is 1. The summed E-state index contributed by atoms with van der Waals surface area (Å²) in [4.78, 5) is 27.9. The predicted molar refractivity (Wildman–Crippen MR) is 113 cm³/mol. The number of hydrogen-bond donors (Lipinski definition) is 2. The molecule has 0 unspecified atom stereocenters. The molecule has 0 saturated carbocycles. The SMILES string of the molecule is Cc1ccccc1SCC(=O)Nc1cccc(C(=O)N2CCC(CO)CC2)c1. The van der Waals surface area contributed by atoms with Crippen LogP contribution in [0.2, 0.25) is 0 Å². The van der Waals surface area contributed by atoms with Gasteiger partial charge in [-0.05, 0) is 55.5 Å². The van der Waals surface area contributed by atoms with Crippen molar-refractivity contribution in [3.05, 3.63) is 59.7 Å². The molecule has 148 valence electrons. The fraction of sp³-hybridized carbons (Fsp3) is 0.364. The Morgan fingerprint density at radius 1 is 1.14 bits per heavy atom. The van der Waals surface area contributed by atoms with Crippen LogP contribution in [-0.2, 0) is 4.79 Å². The van der Waals surface area contributed by atoms with Crippen LogP contribution in [0.15, 0.2) is 53.4 Å². The molecule has 5 nitrogen and oxygen atoms in total. The number of nitrogens with zero attached hydrogens (tertiary/aromatic N) is 1. The van der Waals surface area contributed by atoms with Crippen molar-refractivity contribution >= 4 is 29.3 Å². The molecule has 1 heterocycles. The maximum Gasteiger partial charge on any atom is 0.253 e. The number of rotatable bonds is 6. The van der Waals surface area contributed by atoms with Crippen molar-refractivity contribution in [2.45, 2.75) is 24.7 Å². The summed E-state index contributed by atoms with van der Waals surface area (Å²) in [7, 11) is 0. The van der Waals surface area contributed by atoms with Crippen molar-refractivity contribution in [2.75, 3.05) is 30.8 Å². The van der Waals surface area contributed by atoms with Gasteiger partial charge in [-0.2, -0.15) is 0 Å². The highest BCUT2D eigenvalue weighted by Crippen LogP contribution is 2.23. The number of piperidine rings is 1. The van der Waals surface area contributed by atoms with E-state index in [1.165, 1.54) is 11.8 Å². The van der Waals surface area contributed by atoms with Crippen LogP contribution in [0.25, 0.3) is 0 Å². The molecule has 3 rings (SSSR count). The molecule has 0 bridgehead atoms. The molecule has 0 spiro atoms. The van der Waals surface area contributed by atoms with Crippen molar-refractivity contribution in [2.24, 2.45) is 5.92 Å². The number of benzene rings is 2. The summed E-state index contributed by atoms with van der Waals surface area (Å²) >= 11 is 1.50. The Labute approximate surface area is 170 Å². The molecular weight excluding hydrogens is 372 g/mol. The Morgan fingerprint density at radius 3 is 2.61 bits per heavy atom. The number of amides is 2. The maximum absolute atomic E-state index is 12.7. The second-order valence-electron chi connectivity index (χ2n) is 7.10. The second kappa shape index (κ2) is 9.75. The van der Waals surface area contributed by atoms with Crippen molar-refractivity contribution < 1.29 is 14.7 Å². The summed E-state index contributed by atoms with van der Waals surface area (Å²) in [5.41, 5.74) is 2.36. The van der Waals surface area contributed by atoms with Crippen LogP contribution >= 0.6 is 11.8 Å². The molecule has 1 saturated heterocycles. The predicted octanol–water partition coefficient (Wildman–Crippen LogP) is 3.57. The van der Waals surface area contributed by atoms with Gasteiger partial charge in [0, 0.05) is 35.8 Å². The maximum atomic E-state index is 12.7. The topological polar surface area (TPSA) is 69.6 Å². The van der Waals surface area contributed by atoms with Gasteiger partial charge in [0.1, 0.15) is 0 Å². The van der Waals surface area contributed by atoms with Crippen molar-refractivity contribution in [1.82, 2.24) is 4.90 Å². The van der Waals surface area contributed by atoms with E-state index in [4.69, 9.17) is 0 Å². The highest BCUT2D eigenvalue weighted by Gasteiger charge is 2.23. The lowest BCUT2D eigenvalue weighted by molar-refractivity contribution is -0.113. The molecule has 0 radical (unpaired) electrons. The largest absolute Gasteiger partial charge is 0.396 e. The van der Waals surface area contributed by atoms with Gasteiger partial charge in [-0.1, -0.05) is 24.3 Å². The summed E-state index contributed by atoms with van der Waals surface area (Å²) in [6.07, 6.45) is 1.66. The van der Waals surface area contributed by atoms with Crippen LogP contribution in [0.4, 0.5) is 5.69 Å². The van der Waals surface area contributed by atoms with Gasteiger partial charge < -0.3 is 15.3 Å². The smallest absolute Gasteiger partial charge is 0.253 e. The number of aliphatic hydroxyl groups is 1. The van der Waals surface area contributed by atoms with Gasteiger partial charge in [0.05, 0.1) is 5.75 Å². The third kappa shape index (κ3) is 5.36. The summed E-state index contributed by atoms with van der Waals surface area (Å²) in [5, 5.41) is 12.1. The number of carbonyl (C=O) groups is 2. The number of aryl methyl sites for hydroxylation is 1. The molecule has 0 atom stereocenters. The molecule has 2 N–H and O–H groups in total. The third-order valence-corrected chi connectivity index (χ3v) is 6.18. The van der Waals surface area contributed by atoms with E-state index < -0.39 is 0 Å². The van der Waals surface area contributed by atoms with Crippen LogP contribution in [0.1, 0.15) is 28.8 Å². The van der Waals surface area contributed by atoms with Gasteiger partial charge in [-0.3, -0.25) is 9.59 Å². The zero-order valence-corrected chi connectivity index (χ0v) is 16.9. The molecule has 0 aromatic heterocycles. The summed E-state index contributed by atoms with van der Waals surface area (Å²) in [6.45, 7) is 3.53. The molecule has 1 aliphatic rings. The van der Waals surface area contributed by atoms with Gasteiger partial charge in [-0.25, -0.2) is 0 Å². The van der Waals surface area contributed by atoms with E-state index in [1.807, 2.05) is 36.1 Å². The first-order valence-electron chi connectivity index (χ1n) is 9.55. The highest BCUT2D eigenvalue weighted by molar-refractivity contribution is 8.00. The van der Waals surface area contributed by atoms with E-state index in [2.05, 4.69) is 5.32 Å². The minimum Gasteiger partial charge on any atom is -0.396 e. The van der Waals surface area contributed by atoms with E-state index in [9.17, 15) is 14.7 Å². The lowest BCUT2D eigenvalue weighted by atomic mass is 9.97. The van der Waals surface area contributed by atoms with Crippen molar-refractivity contribution in [3.63, 3.8) is 0 Å². The van der Waals surface area contributed by atoms with Gasteiger partial charge in [0.2, 0.25) is 5.91 Å². The first-order chi connectivity index (χ1) is 13.6. The fourth-order valence-corrected chi connectivity index (χ4v) is 4.12. The quantitative estimate of drug-likeness (QED) is 0.730. The van der Waals surface area contributed by atoms with E-state index in [-0.39, 0.29) is 18.4 Å². The zero-order chi connectivity index (χ0) is 19.9. The van der Waals surface area contributed by atoms with Crippen LogP contribution in [0, 0.1) is 12.8 Å². The Hall–Kier alpha value is -2.31. The highest BCUT2D eigenvalue weighted by atomic mass is 32.2. The van der Waals surface area contributed by atoms with E-state index in [0.29, 0.717) is 36.0 Å². The normalized spacial score (nSPS) is 14.7. The van der Waals surface area contributed by atoms with Gasteiger partial charge >= 0.3 is 0 Å². The third-order valence-electron chi connectivity index (χ3n) is 5.01. The standard InChI is InChI=1S/C22H26N2O3S/c1-16-5-2-3-8-20(16)28-15-21(26)23-19-7-4-6-18(13-19)22(27)24-11-9-17(14-25)10-12-24/h2-8,13,17,25H,9-12,14-15H2,1H3,(H,23,26). The molecule has 6 heteroatoms. The summed E-state index contributed by atoms with van der Waals surface area (Å²) < 4.78 is 0. The Bertz CT molecular complexity index is 832. The van der Waals surface area contributed by atoms with Crippen LogP contribution < -0.4 is 5.32 Å². The second-order valence-corrected chi connectivity index (χ2v) is 8.12. The Kier molecular flexibility index (Phi) is 7.12. The number of anilines is 1. The molecule has 1 aliphatic heterocycles. The number of nitrogens with one attached hydrogen (secondary N) is 1. The lowest BCUT2D eigenvalue weighted by Crippen LogP contribution is -2.39. The molecule has 28 heavy (non-hydrogen) atoms. The molecule has 1 fully saturated rings. The monoisotopic (exact) mass is 398 g/mol. The number of carbonyl (C=O) groups excluding carboxylic acids is 2. The van der Waals surface area contributed by atoms with Gasteiger partial charge in [-0.15, -0.1) is 11.8 Å².